The average Bonchev–Trinajstić information content (AvgIpc) is 2.95. The second-order valence-electron chi connectivity index (χ2n) is 8.96. The second kappa shape index (κ2) is 16.8. The number of nitrogens with two attached hydrogens (primary N) is 4. The van der Waals surface area contributed by atoms with Gasteiger partial charge in [0.2, 0.25) is 0 Å². The first-order chi connectivity index (χ1) is 19.1. The van der Waals surface area contributed by atoms with E-state index in [9.17, 15) is 0 Å². The molecule has 0 saturated heterocycles. The molecule has 0 amide bonds. The number of hydrazine groups is 1. The Bertz CT molecular complexity index is 1400. The fourth-order valence-electron chi connectivity index (χ4n) is 3.40. The maximum absolute atomic E-state index is 6.04. The van der Waals surface area contributed by atoms with Crippen LogP contribution in [0.15, 0.2) is 94.9 Å². The van der Waals surface area contributed by atoms with Gasteiger partial charge in [0.05, 0.1) is 19.4 Å². The molecule has 9 heteroatoms. The van der Waals surface area contributed by atoms with E-state index in [0.717, 1.165) is 38.7 Å². The Morgan fingerprint density at radius 1 is 0.750 bits per heavy atom. The number of aliphatic imine (C=N–C) groups is 2. The minimum Gasteiger partial charge on any atom is -0.399 e. The Balaban J connectivity index is 0.000000235. The molecule has 0 aliphatic heterocycles. The van der Waals surface area contributed by atoms with Gasteiger partial charge in [-0.15, -0.1) is 0 Å². The molecule has 0 fully saturated rings. The monoisotopic (exact) mass is 577 g/mol. The van der Waals surface area contributed by atoms with Crippen LogP contribution in [0.5, 0.6) is 0 Å². The zero-order chi connectivity index (χ0) is 29.5. The van der Waals surface area contributed by atoms with Crippen LogP contribution < -0.4 is 28.5 Å². The van der Waals surface area contributed by atoms with E-state index in [0.29, 0.717) is 23.9 Å². The normalized spacial score (nSPS) is 10.8. The molecule has 0 aromatic heterocycles. The molecule has 0 radical (unpaired) electrons. The van der Waals surface area contributed by atoms with E-state index in [-0.39, 0.29) is 0 Å². The molecular weight excluding hydrogens is 541 g/mol. The quantitative estimate of drug-likeness (QED) is 0.0580. The van der Waals surface area contributed by atoms with Crippen molar-refractivity contribution in [1.82, 2.24) is 0 Å². The van der Waals surface area contributed by atoms with Gasteiger partial charge in [-0.05, 0) is 103 Å². The van der Waals surface area contributed by atoms with E-state index in [1.54, 1.807) is 0 Å². The highest BCUT2D eigenvalue weighted by molar-refractivity contribution is 6.30. The fourth-order valence-corrected chi connectivity index (χ4v) is 3.66. The first-order valence-electron chi connectivity index (χ1n) is 12.5. The number of nitrogens with zero attached hydrogens (tertiary/aromatic N) is 2. The molecule has 0 saturated carbocycles. The maximum Gasteiger partial charge on any atom is 0.126 e. The van der Waals surface area contributed by atoms with E-state index >= 15 is 0 Å². The van der Waals surface area contributed by atoms with Crippen LogP contribution in [0.4, 0.5) is 11.4 Å². The van der Waals surface area contributed by atoms with Crippen molar-refractivity contribution in [3.8, 4) is 0 Å². The Hall–Kier alpha value is -4.04. The average molecular weight is 579 g/mol. The van der Waals surface area contributed by atoms with Crippen molar-refractivity contribution in [3.63, 3.8) is 0 Å². The molecule has 40 heavy (non-hydrogen) atoms. The molecule has 9 N–H and O–H groups in total. The summed E-state index contributed by atoms with van der Waals surface area (Å²) >= 11 is 11.5. The van der Waals surface area contributed by atoms with Crippen LogP contribution in [-0.4, -0.2) is 12.2 Å². The van der Waals surface area contributed by atoms with Crippen molar-refractivity contribution in [2.75, 3.05) is 11.2 Å². The van der Waals surface area contributed by atoms with Gasteiger partial charge in [0.15, 0.2) is 0 Å². The SMILES string of the molecule is Cc1cc(NN)ccc1C(N)=NCc1ccc(Cl)cc1.Cc1ccc(N)cc1C.NC=NCc1ccc(Cl)cc1. The molecule has 4 rings (SSSR count). The third-order valence-electron chi connectivity index (χ3n) is 5.84. The minimum absolute atomic E-state index is 0.515. The number of aryl methyl sites for hydroxylation is 3. The summed E-state index contributed by atoms with van der Waals surface area (Å²) in [7, 11) is 0. The Kier molecular flexibility index (Phi) is 13.5. The standard InChI is InChI=1S/C15H17ClN4.C8H9ClN2.C8H11N/c1-10-8-13(20-18)6-7-14(10)15(17)19-9-11-2-4-12(16)5-3-11;9-8-3-1-7(2-4-8)5-11-6-10;1-6-3-4-8(9)5-7(6)2/h2-8,20H,9,18H2,1H3,(H2,17,19);1-4,6H,5H2,(H2,10,11);3-5H,9H2,1-2H3. The lowest BCUT2D eigenvalue weighted by atomic mass is 10.1. The second-order valence-corrected chi connectivity index (χ2v) is 9.83. The fraction of sp³-hybridized carbons (Fsp3) is 0.161. The summed E-state index contributed by atoms with van der Waals surface area (Å²) in [5, 5.41) is 1.46. The van der Waals surface area contributed by atoms with E-state index in [2.05, 4.69) is 29.3 Å². The molecule has 210 valence electrons. The molecule has 4 aromatic carbocycles. The lowest BCUT2D eigenvalue weighted by Gasteiger charge is -2.08. The summed E-state index contributed by atoms with van der Waals surface area (Å²) in [5.74, 6) is 5.88. The number of benzene rings is 4. The van der Waals surface area contributed by atoms with Crippen LogP contribution in [0.2, 0.25) is 10.0 Å². The summed E-state index contributed by atoms with van der Waals surface area (Å²) in [4.78, 5) is 8.29. The lowest BCUT2D eigenvalue weighted by Crippen LogP contribution is -2.16. The van der Waals surface area contributed by atoms with Gasteiger partial charge in [-0.2, -0.15) is 0 Å². The zero-order valence-electron chi connectivity index (χ0n) is 23.0. The molecular formula is C31H37Cl2N7. The van der Waals surface area contributed by atoms with Crippen molar-refractivity contribution in [2.24, 2.45) is 27.3 Å². The molecule has 0 aliphatic carbocycles. The summed E-state index contributed by atoms with van der Waals surface area (Å²) in [5.41, 5.74) is 27.6. The third kappa shape index (κ3) is 11.4. The van der Waals surface area contributed by atoms with Crippen molar-refractivity contribution in [3.05, 3.63) is 128 Å². The largest absolute Gasteiger partial charge is 0.399 e. The van der Waals surface area contributed by atoms with Crippen LogP contribution >= 0.6 is 23.2 Å². The molecule has 0 bridgehead atoms. The first kappa shape index (κ1) is 32.2. The summed E-state index contributed by atoms with van der Waals surface area (Å²) < 4.78 is 0. The van der Waals surface area contributed by atoms with Gasteiger partial charge in [-0.25, -0.2) is 0 Å². The molecule has 4 aromatic rings. The number of nitrogens with one attached hydrogen (secondary N) is 1. The number of hydrogen-bond donors (Lipinski definition) is 5. The highest BCUT2D eigenvalue weighted by atomic mass is 35.5. The summed E-state index contributed by atoms with van der Waals surface area (Å²) in [6, 6.07) is 26.7. The Morgan fingerprint density at radius 3 is 1.80 bits per heavy atom. The number of halogens is 2. The first-order valence-corrected chi connectivity index (χ1v) is 13.3. The zero-order valence-corrected chi connectivity index (χ0v) is 24.5. The predicted octanol–water partition coefficient (Wildman–Crippen LogP) is 6.55. The van der Waals surface area contributed by atoms with Crippen LogP contribution in [0.1, 0.15) is 33.4 Å². The van der Waals surface area contributed by atoms with Crippen molar-refractivity contribution in [1.29, 1.82) is 0 Å². The molecule has 0 heterocycles. The van der Waals surface area contributed by atoms with Crippen molar-refractivity contribution >= 4 is 46.8 Å². The van der Waals surface area contributed by atoms with Gasteiger partial charge in [0.25, 0.3) is 0 Å². The van der Waals surface area contributed by atoms with Gasteiger partial charge in [0.1, 0.15) is 5.84 Å². The van der Waals surface area contributed by atoms with E-state index in [1.165, 1.54) is 17.5 Å². The Morgan fingerprint density at radius 2 is 1.32 bits per heavy atom. The number of amidine groups is 1. The highest BCUT2D eigenvalue weighted by Gasteiger charge is 2.04. The lowest BCUT2D eigenvalue weighted by molar-refractivity contribution is 1.06. The van der Waals surface area contributed by atoms with Gasteiger partial charge >= 0.3 is 0 Å². The van der Waals surface area contributed by atoms with Crippen LogP contribution in [0.3, 0.4) is 0 Å². The molecule has 7 nitrogen and oxygen atoms in total. The number of hydrogen-bond acceptors (Lipinski definition) is 5. The molecule has 0 unspecified atom stereocenters. The highest BCUT2D eigenvalue weighted by Crippen LogP contribution is 2.15. The van der Waals surface area contributed by atoms with Crippen molar-refractivity contribution in [2.45, 2.75) is 33.9 Å². The Labute approximate surface area is 246 Å². The maximum atomic E-state index is 6.04. The van der Waals surface area contributed by atoms with Crippen LogP contribution in [0, 0.1) is 20.8 Å². The van der Waals surface area contributed by atoms with Gasteiger partial charge in [-0.3, -0.25) is 15.8 Å². The molecule has 0 atom stereocenters. The molecule has 0 spiro atoms. The van der Waals surface area contributed by atoms with Gasteiger partial charge in [-0.1, -0.05) is 53.5 Å². The topological polar surface area (TPSA) is 141 Å². The van der Waals surface area contributed by atoms with Gasteiger partial charge < -0.3 is 22.6 Å². The smallest absolute Gasteiger partial charge is 0.126 e. The van der Waals surface area contributed by atoms with Crippen LogP contribution in [0.25, 0.3) is 0 Å². The number of rotatable bonds is 6. The summed E-state index contributed by atoms with van der Waals surface area (Å²) in [6.45, 7) is 7.26. The van der Waals surface area contributed by atoms with E-state index < -0.39 is 0 Å². The van der Waals surface area contributed by atoms with Gasteiger partial charge in [0, 0.05) is 27.0 Å². The molecule has 0 aliphatic rings. The number of nitrogen functional groups attached to an aromatic ring is 2. The number of anilines is 2. The minimum atomic E-state index is 0.515. The van der Waals surface area contributed by atoms with E-state index in [1.807, 2.05) is 91.9 Å². The predicted molar refractivity (Wildman–Crippen MR) is 173 cm³/mol. The van der Waals surface area contributed by atoms with E-state index in [4.69, 9.17) is 46.2 Å². The summed E-state index contributed by atoms with van der Waals surface area (Å²) in [6.07, 6.45) is 1.30. The third-order valence-corrected chi connectivity index (χ3v) is 6.34. The van der Waals surface area contributed by atoms with Crippen molar-refractivity contribution < 1.29 is 0 Å². The van der Waals surface area contributed by atoms with Crippen LogP contribution in [-0.2, 0) is 13.1 Å².